The average molecular weight is 429 g/mol. The van der Waals surface area contributed by atoms with Crippen molar-refractivity contribution in [2.75, 3.05) is 44.0 Å². The van der Waals surface area contributed by atoms with Gasteiger partial charge in [-0.3, -0.25) is 5.32 Å². The first kappa shape index (κ1) is 21.6. The maximum absolute atomic E-state index is 11.6. The second kappa shape index (κ2) is 10.1. The molecule has 0 aliphatic carbocycles. The summed E-state index contributed by atoms with van der Waals surface area (Å²) in [4.78, 5) is 27.0. The van der Waals surface area contributed by atoms with E-state index in [0.717, 1.165) is 11.4 Å². The third kappa shape index (κ3) is 5.94. The molecule has 1 aromatic heterocycles. The lowest BCUT2D eigenvalue weighted by atomic mass is 10.2. The summed E-state index contributed by atoms with van der Waals surface area (Å²) < 4.78 is 10.1. The molecule has 0 saturated carbocycles. The van der Waals surface area contributed by atoms with Gasteiger partial charge in [0.1, 0.15) is 0 Å². The van der Waals surface area contributed by atoms with Gasteiger partial charge in [0.15, 0.2) is 0 Å². The number of morpholine rings is 1. The lowest BCUT2D eigenvalue weighted by molar-refractivity contribution is 0.0600. The molecule has 1 aliphatic rings. The van der Waals surface area contributed by atoms with E-state index in [0.29, 0.717) is 49.5 Å². The second-order valence-electron chi connectivity index (χ2n) is 6.63. The summed E-state index contributed by atoms with van der Waals surface area (Å²) in [6, 6.07) is 8.70. The van der Waals surface area contributed by atoms with Crippen LogP contribution in [0.1, 0.15) is 21.7 Å². The third-order valence-corrected chi connectivity index (χ3v) is 4.47. The number of aryl methyl sites for hydroxylation is 2. The highest BCUT2D eigenvalue weighted by molar-refractivity contribution is 7.80. The lowest BCUT2D eigenvalue weighted by Crippen LogP contribution is -2.45. The van der Waals surface area contributed by atoms with Crippen molar-refractivity contribution in [1.82, 2.24) is 14.9 Å². The predicted molar refractivity (Wildman–Crippen MR) is 119 cm³/mol. The average Bonchev–Trinajstić information content (AvgIpc) is 2.73. The number of carbonyl (C=O) groups is 1. The van der Waals surface area contributed by atoms with E-state index in [4.69, 9.17) is 21.7 Å². The molecule has 1 fully saturated rings. The minimum atomic E-state index is -0.394. The van der Waals surface area contributed by atoms with Crippen molar-refractivity contribution in [2.45, 2.75) is 13.8 Å². The minimum Gasteiger partial charge on any atom is -0.465 e. The molecule has 3 rings (SSSR count). The summed E-state index contributed by atoms with van der Waals surface area (Å²) >= 11 is 5.43. The molecule has 158 valence electrons. The van der Waals surface area contributed by atoms with Gasteiger partial charge in [-0.05, 0) is 56.4 Å². The first-order valence-corrected chi connectivity index (χ1v) is 9.85. The summed E-state index contributed by atoms with van der Waals surface area (Å²) in [6.07, 6.45) is 0. The van der Waals surface area contributed by atoms with Crippen molar-refractivity contribution in [3.8, 4) is 0 Å². The van der Waals surface area contributed by atoms with E-state index in [-0.39, 0.29) is 5.11 Å². The van der Waals surface area contributed by atoms with Gasteiger partial charge in [0.05, 0.1) is 25.9 Å². The monoisotopic (exact) mass is 428 g/mol. The molecule has 9 nitrogen and oxygen atoms in total. The van der Waals surface area contributed by atoms with Gasteiger partial charge in [-0.15, -0.1) is 0 Å². The van der Waals surface area contributed by atoms with Crippen LogP contribution < -0.4 is 10.6 Å². The number of hydrogen-bond acceptors (Lipinski definition) is 6. The maximum atomic E-state index is 11.6. The van der Waals surface area contributed by atoms with Gasteiger partial charge in [0, 0.05) is 30.2 Å². The zero-order valence-electron chi connectivity index (χ0n) is 17.1. The van der Waals surface area contributed by atoms with Gasteiger partial charge >= 0.3 is 5.97 Å². The topological polar surface area (TPSA) is 101 Å². The Kier molecular flexibility index (Phi) is 7.26. The molecule has 0 unspecified atom stereocenters. The second-order valence-corrected chi connectivity index (χ2v) is 7.02. The fourth-order valence-corrected chi connectivity index (χ4v) is 3.09. The van der Waals surface area contributed by atoms with E-state index in [2.05, 4.69) is 25.6 Å². The van der Waals surface area contributed by atoms with Gasteiger partial charge in [-0.1, -0.05) is 0 Å². The number of anilines is 2. The number of guanidine groups is 1. The van der Waals surface area contributed by atoms with Crippen LogP contribution in [-0.2, 0) is 9.47 Å². The Morgan fingerprint density at radius 1 is 1.13 bits per heavy atom. The molecule has 1 aromatic carbocycles. The molecule has 0 spiro atoms. The number of benzene rings is 1. The molecular formula is C20H24N6O3S. The van der Waals surface area contributed by atoms with Crippen molar-refractivity contribution in [3.63, 3.8) is 0 Å². The van der Waals surface area contributed by atoms with Crippen LogP contribution in [0, 0.1) is 13.8 Å². The number of esters is 1. The Labute approximate surface area is 180 Å². The van der Waals surface area contributed by atoms with Crippen LogP contribution in [0.3, 0.4) is 0 Å². The number of aromatic nitrogens is 2. The number of hydrogen-bond donors (Lipinski definition) is 2. The largest absolute Gasteiger partial charge is 0.465 e. The number of thiocarbonyl (C=S) groups is 1. The molecule has 10 heteroatoms. The van der Waals surface area contributed by atoms with Crippen molar-refractivity contribution in [3.05, 3.63) is 47.3 Å². The van der Waals surface area contributed by atoms with E-state index in [1.807, 2.05) is 24.8 Å². The Balaban J connectivity index is 1.77. The number of carbonyl (C=O) groups excluding carboxylic acids is 1. The number of methoxy groups -OCH3 is 1. The first-order valence-electron chi connectivity index (χ1n) is 9.44. The van der Waals surface area contributed by atoms with E-state index in [1.165, 1.54) is 7.11 Å². The molecule has 2 N–H and O–H groups in total. The molecule has 0 amide bonds. The Morgan fingerprint density at radius 3 is 2.37 bits per heavy atom. The Morgan fingerprint density at radius 2 is 1.77 bits per heavy atom. The summed E-state index contributed by atoms with van der Waals surface area (Å²) in [7, 11) is 1.35. The lowest BCUT2D eigenvalue weighted by Gasteiger charge is -2.29. The third-order valence-electron chi connectivity index (χ3n) is 4.28. The van der Waals surface area contributed by atoms with Crippen LogP contribution in [0.25, 0.3) is 0 Å². The number of nitrogens with zero attached hydrogens (tertiary/aromatic N) is 4. The number of ether oxygens (including phenoxy) is 2. The van der Waals surface area contributed by atoms with Crippen molar-refractivity contribution < 1.29 is 14.3 Å². The predicted octanol–water partition coefficient (Wildman–Crippen LogP) is 2.38. The van der Waals surface area contributed by atoms with Gasteiger partial charge in [0.25, 0.3) is 0 Å². The molecule has 1 saturated heterocycles. The van der Waals surface area contributed by atoms with Crippen LogP contribution >= 0.6 is 12.2 Å². The van der Waals surface area contributed by atoms with Crippen molar-refractivity contribution in [1.29, 1.82) is 0 Å². The Bertz CT molecular complexity index is 922. The zero-order valence-corrected chi connectivity index (χ0v) is 18.0. The maximum Gasteiger partial charge on any atom is 0.337 e. The Hall–Kier alpha value is -3.11. The zero-order chi connectivity index (χ0) is 21.5. The molecular weight excluding hydrogens is 404 g/mol. The summed E-state index contributed by atoms with van der Waals surface area (Å²) in [5.41, 5.74) is 2.89. The summed E-state index contributed by atoms with van der Waals surface area (Å²) in [5.74, 6) is 0.615. The normalized spacial score (nSPS) is 14.2. The number of nitrogens with one attached hydrogen (secondary N) is 2. The van der Waals surface area contributed by atoms with Crippen molar-refractivity contribution >= 4 is 40.9 Å². The SMILES string of the molecule is COC(=O)c1ccc(NC(=S)/N=C(/Nc2nc(C)cc(C)n2)N2CCOCC2)cc1. The molecule has 0 radical (unpaired) electrons. The summed E-state index contributed by atoms with van der Waals surface area (Å²) in [5, 5.41) is 6.51. The first-order chi connectivity index (χ1) is 14.4. The van der Waals surface area contributed by atoms with E-state index in [9.17, 15) is 4.79 Å². The van der Waals surface area contributed by atoms with Crippen LogP contribution in [0.2, 0.25) is 0 Å². The minimum absolute atomic E-state index is 0.263. The number of aliphatic imine (C=N–C) groups is 1. The molecule has 1 aliphatic heterocycles. The van der Waals surface area contributed by atoms with Gasteiger partial charge in [-0.25, -0.2) is 14.8 Å². The molecule has 0 bridgehead atoms. The van der Waals surface area contributed by atoms with Crippen LogP contribution in [0.4, 0.5) is 11.6 Å². The van der Waals surface area contributed by atoms with Crippen LogP contribution in [-0.4, -0.2) is 65.3 Å². The fourth-order valence-electron chi connectivity index (χ4n) is 2.89. The smallest absolute Gasteiger partial charge is 0.337 e. The van der Waals surface area contributed by atoms with E-state index in [1.54, 1.807) is 24.3 Å². The van der Waals surface area contributed by atoms with Crippen molar-refractivity contribution in [2.24, 2.45) is 4.99 Å². The highest BCUT2D eigenvalue weighted by Crippen LogP contribution is 2.12. The van der Waals surface area contributed by atoms with Crippen LogP contribution in [0.5, 0.6) is 0 Å². The van der Waals surface area contributed by atoms with Gasteiger partial charge in [-0.2, -0.15) is 4.99 Å². The molecule has 30 heavy (non-hydrogen) atoms. The standard InChI is InChI=1S/C20H24N6O3S/c1-13-12-14(2)22-18(21-13)24-19(26-8-10-29-11-9-26)25-20(30)23-16-6-4-15(5-7-16)17(27)28-3/h4-7,12H,8-11H2,1-3H3,(H2,21,22,23,24,25,30). The fraction of sp³-hybridized carbons (Fsp3) is 0.350. The van der Waals surface area contributed by atoms with Crippen LogP contribution in [0.15, 0.2) is 35.3 Å². The highest BCUT2D eigenvalue weighted by atomic mass is 32.1. The van der Waals surface area contributed by atoms with E-state index >= 15 is 0 Å². The highest BCUT2D eigenvalue weighted by Gasteiger charge is 2.17. The molecule has 0 atom stereocenters. The van der Waals surface area contributed by atoms with E-state index < -0.39 is 5.97 Å². The molecule has 2 aromatic rings. The molecule has 2 heterocycles. The quantitative estimate of drug-likeness (QED) is 0.330. The summed E-state index contributed by atoms with van der Waals surface area (Å²) in [6.45, 7) is 6.37. The van der Waals surface area contributed by atoms with Gasteiger partial charge in [0.2, 0.25) is 17.0 Å². The van der Waals surface area contributed by atoms with Gasteiger partial charge < -0.3 is 19.7 Å². The number of rotatable bonds is 3.